The second-order valence-electron chi connectivity index (χ2n) is 3.80. The van der Waals surface area contributed by atoms with E-state index in [1.807, 2.05) is 0 Å². The number of carbonyl (C=O) groups excluding carboxylic acids is 1. The number of halogens is 5. The van der Waals surface area contributed by atoms with Crippen LogP contribution < -0.4 is 11.1 Å². The van der Waals surface area contributed by atoms with Crippen molar-refractivity contribution in [1.82, 2.24) is 5.32 Å². The lowest BCUT2D eigenvalue weighted by Gasteiger charge is -2.15. The van der Waals surface area contributed by atoms with Gasteiger partial charge in [0.05, 0.1) is 11.1 Å². The summed E-state index contributed by atoms with van der Waals surface area (Å²) in [7, 11) is 0. The molecule has 0 saturated heterocycles. The third kappa shape index (κ3) is 5.00. The number of nitrogens with two attached hydrogens (primary N) is 1. The Morgan fingerprint density at radius 2 is 2.05 bits per heavy atom. The number of hydrogen-bond donors (Lipinski definition) is 2. The standard InChI is InChI=1S/C11H12BrF3N2O.ClH/c1-6(5-16)17-10(18)8-3-2-7(12)4-9(8)11(13,14)15;/h2-4,6H,5,16H2,1H3,(H,17,18);1H/t6-;/m1./s1. The molecule has 3 N–H and O–H groups in total. The van der Waals surface area contributed by atoms with Crippen LogP contribution in [0.2, 0.25) is 0 Å². The molecule has 0 unspecified atom stereocenters. The number of alkyl halides is 3. The van der Waals surface area contributed by atoms with Gasteiger partial charge in [-0.15, -0.1) is 12.4 Å². The van der Waals surface area contributed by atoms with E-state index in [-0.39, 0.29) is 29.5 Å². The fourth-order valence-corrected chi connectivity index (χ4v) is 1.67. The Bertz CT molecular complexity index is 454. The normalized spacial score (nSPS) is 12.5. The maximum absolute atomic E-state index is 12.8. The zero-order valence-electron chi connectivity index (χ0n) is 9.92. The molecule has 19 heavy (non-hydrogen) atoms. The van der Waals surface area contributed by atoms with Crippen LogP contribution in [-0.2, 0) is 6.18 Å². The molecule has 0 aliphatic carbocycles. The minimum Gasteiger partial charge on any atom is -0.348 e. The zero-order valence-corrected chi connectivity index (χ0v) is 12.3. The summed E-state index contributed by atoms with van der Waals surface area (Å²) >= 11 is 2.95. The number of amides is 1. The van der Waals surface area contributed by atoms with Gasteiger partial charge in [0.15, 0.2) is 0 Å². The minimum absolute atomic E-state index is 0. The molecule has 0 aliphatic rings. The molecule has 1 atom stereocenters. The zero-order chi connectivity index (χ0) is 13.9. The van der Waals surface area contributed by atoms with Gasteiger partial charge in [-0.05, 0) is 25.1 Å². The molecule has 1 aromatic rings. The van der Waals surface area contributed by atoms with Crippen molar-refractivity contribution in [3.63, 3.8) is 0 Å². The van der Waals surface area contributed by atoms with Gasteiger partial charge in [-0.25, -0.2) is 0 Å². The summed E-state index contributed by atoms with van der Waals surface area (Å²) < 4.78 is 38.6. The third-order valence-electron chi connectivity index (χ3n) is 2.26. The first-order valence-corrected chi connectivity index (χ1v) is 5.92. The fraction of sp³-hybridized carbons (Fsp3) is 0.364. The quantitative estimate of drug-likeness (QED) is 0.870. The summed E-state index contributed by atoms with van der Waals surface area (Å²) in [4.78, 5) is 11.7. The lowest BCUT2D eigenvalue weighted by Crippen LogP contribution is -2.38. The van der Waals surface area contributed by atoms with Crippen molar-refractivity contribution in [3.05, 3.63) is 33.8 Å². The molecular weight excluding hydrogens is 348 g/mol. The first-order chi connectivity index (χ1) is 8.25. The largest absolute Gasteiger partial charge is 0.417 e. The highest BCUT2D eigenvalue weighted by Crippen LogP contribution is 2.33. The minimum atomic E-state index is -4.58. The molecule has 1 amide bonds. The van der Waals surface area contributed by atoms with E-state index >= 15 is 0 Å². The highest BCUT2D eigenvalue weighted by Gasteiger charge is 2.35. The van der Waals surface area contributed by atoms with Crippen molar-refractivity contribution in [1.29, 1.82) is 0 Å². The van der Waals surface area contributed by atoms with Crippen molar-refractivity contribution >= 4 is 34.2 Å². The van der Waals surface area contributed by atoms with Crippen molar-refractivity contribution in [2.24, 2.45) is 5.73 Å². The first kappa shape index (κ1) is 18.2. The van der Waals surface area contributed by atoms with Crippen LogP contribution in [0.5, 0.6) is 0 Å². The molecule has 0 aromatic heterocycles. The van der Waals surface area contributed by atoms with E-state index < -0.39 is 23.2 Å². The first-order valence-electron chi connectivity index (χ1n) is 5.13. The summed E-state index contributed by atoms with van der Waals surface area (Å²) in [5.41, 5.74) is 3.92. The Morgan fingerprint density at radius 1 is 1.47 bits per heavy atom. The summed E-state index contributed by atoms with van der Waals surface area (Å²) in [6, 6.07) is 3.01. The number of nitrogens with one attached hydrogen (secondary N) is 1. The smallest absolute Gasteiger partial charge is 0.348 e. The van der Waals surface area contributed by atoms with Crippen LogP contribution in [0, 0.1) is 0 Å². The van der Waals surface area contributed by atoms with Gasteiger partial charge in [-0.1, -0.05) is 15.9 Å². The molecule has 0 fully saturated rings. The predicted octanol–water partition coefficient (Wildman–Crippen LogP) is 2.97. The van der Waals surface area contributed by atoms with E-state index in [9.17, 15) is 18.0 Å². The van der Waals surface area contributed by atoms with Crippen molar-refractivity contribution in [2.45, 2.75) is 19.1 Å². The van der Waals surface area contributed by atoms with Crippen LogP contribution in [0.3, 0.4) is 0 Å². The van der Waals surface area contributed by atoms with Crippen LogP contribution in [0.15, 0.2) is 22.7 Å². The molecule has 0 aliphatic heterocycles. The van der Waals surface area contributed by atoms with Gasteiger partial charge >= 0.3 is 6.18 Å². The van der Waals surface area contributed by atoms with E-state index in [4.69, 9.17) is 5.73 Å². The van der Waals surface area contributed by atoms with Crippen molar-refractivity contribution in [3.8, 4) is 0 Å². The van der Waals surface area contributed by atoms with Crippen LogP contribution >= 0.6 is 28.3 Å². The van der Waals surface area contributed by atoms with Gasteiger partial charge in [0.2, 0.25) is 0 Å². The summed E-state index contributed by atoms with van der Waals surface area (Å²) in [6.07, 6.45) is -4.58. The number of carbonyl (C=O) groups is 1. The molecule has 0 spiro atoms. The number of rotatable bonds is 3. The van der Waals surface area contributed by atoms with E-state index in [0.29, 0.717) is 0 Å². The average molecular weight is 362 g/mol. The molecule has 0 bridgehead atoms. The van der Waals surface area contributed by atoms with Crippen molar-refractivity contribution in [2.75, 3.05) is 6.54 Å². The van der Waals surface area contributed by atoms with Gasteiger partial charge in [-0.3, -0.25) is 4.79 Å². The van der Waals surface area contributed by atoms with Gasteiger partial charge in [0.1, 0.15) is 0 Å². The molecule has 1 aromatic carbocycles. The maximum atomic E-state index is 12.8. The molecule has 1 rings (SSSR count). The van der Waals surface area contributed by atoms with E-state index in [1.165, 1.54) is 6.07 Å². The molecule has 3 nitrogen and oxygen atoms in total. The molecular formula is C11H13BrClF3N2O. The van der Waals surface area contributed by atoms with E-state index in [2.05, 4.69) is 21.2 Å². The van der Waals surface area contributed by atoms with Crippen LogP contribution in [0.1, 0.15) is 22.8 Å². The molecule has 108 valence electrons. The molecule has 0 radical (unpaired) electrons. The average Bonchev–Trinajstić information content (AvgIpc) is 2.27. The van der Waals surface area contributed by atoms with Gasteiger partial charge in [-0.2, -0.15) is 13.2 Å². The Labute approximate surface area is 123 Å². The highest BCUT2D eigenvalue weighted by molar-refractivity contribution is 9.10. The van der Waals surface area contributed by atoms with Crippen LogP contribution in [-0.4, -0.2) is 18.5 Å². The number of hydrogen-bond acceptors (Lipinski definition) is 2. The van der Waals surface area contributed by atoms with E-state index in [1.54, 1.807) is 6.92 Å². The Kier molecular flexibility index (Phi) is 6.82. The Hall–Kier alpha value is -0.790. The SMILES string of the molecule is C[C@H](CN)NC(=O)c1ccc(Br)cc1C(F)(F)F.Cl. The lowest BCUT2D eigenvalue weighted by molar-refractivity contribution is -0.138. The molecule has 0 saturated carbocycles. The molecule has 8 heteroatoms. The second-order valence-corrected chi connectivity index (χ2v) is 4.71. The summed E-state index contributed by atoms with van der Waals surface area (Å²) in [5.74, 6) is -0.784. The Balaban J connectivity index is 0.00000324. The monoisotopic (exact) mass is 360 g/mol. The second kappa shape index (κ2) is 7.12. The van der Waals surface area contributed by atoms with Gasteiger partial charge < -0.3 is 11.1 Å². The van der Waals surface area contributed by atoms with Gasteiger partial charge in [0, 0.05) is 17.1 Å². The predicted molar refractivity (Wildman–Crippen MR) is 72.4 cm³/mol. The topological polar surface area (TPSA) is 55.1 Å². The summed E-state index contributed by atoms with van der Waals surface area (Å²) in [5, 5.41) is 2.40. The van der Waals surface area contributed by atoms with Crippen LogP contribution in [0.4, 0.5) is 13.2 Å². The van der Waals surface area contributed by atoms with E-state index in [0.717, 1.165) is 12.1 Å². The molecule has 0 heterocycles. The summed E-state index contributed by atoms with van der Waals surface area (Å²) in [6.45, 7) is 1.77. The van der Waals surface area contributed by atoms with Crippen LogP contribution in [0.25, 0.3) is 0 Å². The fourth-order valence-electron chi connectivity index (χ4n) is 1.31. The third-order valence-corrected chi connectivity index (χ3v) is 2.76. The van der Waals surface area contributed by atoms with Gasteiger partial charge in [0.25, 0.3) is 5.91 Å². The van der Waals surface area contributed by atoms with Crippen molar-refractivity contribution < 1.29 is 18.0 Å². The number of benzene rings is 1. The lowest BCUT2D eigenvalue weighted by atomic mass is 10.1. The highest BCUT2D eigenvalue weighted by atomic mass is 79.9. The maximum Gasteiger partial charge on any atom is 0.417 e. The Morgan fingerprint density at radius 3 is 2.53 bits per heavy atom.